The number of rotatable bonds is 6. The smallest absolute Gasteiger partial charge is 0.377 e. The second-order valence-electron chi connectivity index (χ2n) is 7.58. The molecule has 1 unspecified atom stereocenters. The third-order valence-corrected chi connectivity index (χ3v) is 6.07. The Morgan fingerprint density at radius 1 is 1.13 bits per heavy atom. The van der Waals surface area contributed by atoms with Crippen molar-refractivity contribution < 1.29 is 22.8 Å². The largest absolute Gasteiger partial charge is 0.435 e. The van der Waals surface area contributed by atoms with Crippen LogP contribution in [0.25, 0.3) is 0 Å². The number of ketones is 1. The lowest BCUT2D eigenvalue weighted by molar-refractivity contribution is -0.275. The number of hydrogen-bond acceptors (Lipinski definition) is 4. The van der Waals surface area contributed by atoms with Gasteiger partial charge in [-0.2, -0.15) is 13.2 Å². The first-order chi connectivity index (χ1) is 14.6. The van der Waals surface area contributed by atoms with Crippen molar-refractivity contribution in [1.82, 2.24) is 0 Å². The van der Waals surface area contributed by atoms with Crippen molar-refractivity contribution in [3.05, 3.63) is 62.6 Å². The first-order valence-electron chi connectivity index (χ1n) is 9.44. The highest BCUT2D eigenvalue weighted by Gasteiger charge is 2.62. The maximum atomic E-state index is 14.1. The maximum absolute atomic E-state index is 14.1. The fourth-order valence-electron chi connectivity index (χ4n) is 3.42. The van der Waals surface area contributed by atoms with E-state index in [9.17, 15) is 18.0 Å². The van der Waals surface area contributed by atoms with E-state index in [4.69, 9.17) is 39.6 Å². The van der Waals surface area contributed by atoms with Gasteiger partial charge < -0.3 is 10.2 Å². The van der Waals surface area contributed by atoms with Crippen LogP contribution in [0.15, 0.2) is 41.6 Å². The van der Waals surface area contributed by atoms with E-state index in [0.29, 0.717) is 16.3 Å². The summed E-state index contributed by atoms with van der Waals surface area (Å²) in [6.45, 7) is 0.102. The van der Waals surface area contributed by atoms with E-state index in [0.717, 1.165) is 25.0 Å². The molecule has 1 atom stereocenters. The minimum absolute atomic E-state index is 0.0569. The molecule has 2 aromatic rings. The van der Waals surface area contributed by atoms with E-state index in [1.54, 1.807) is 12.1 Å². The number of halogens is 6. The number of hydrogen-bond donors (Lipinski definition) is 1. The van der Waals surface area contributed by atoms with Gasteiger partial charge in [0, 0.05) is 33.5 Å². The fraction of sp³-hybridized carbons (Fsp3) is 0.333. The van der Waals surface area contributed by atoms with E-state index in [1.807, 2.05) is 0 Å². The Hall–Kier alpha value is -1.96. The summed E-state index contributed by atoms with van der Waals surface area (Å²) in [6.07, 6.45) is -3.59. The number of benzene rings is 2. The Morgan fingerprint density at radius 3 is 2.42 bits per heavy atom. The second kappa shape index (κ2) is 8.19. The minimum atomic E-state index is -4.78. The molecule has 0 saturated heterocycles. The molecule has 0 radical (unpaired) electrons. The van der Waals surface area contributed by atoms with Gasteiger partial charge in [-0.25, -0.2) is 0 Å². The van der Waals surface area contributed by atoms with Crippen LogP contribution in [-0.4, -0.2) is 24.2 Å². The van der Waals surface area contributed by atoms with Crippen molar-refractivity contribution in [2.24, 2.45) is 11.1 Å². The van der Waals surface area contributed by atoms with Crippen LogP contribution < -0.4 is 5.32 Å². The first-order valence-corrected chi connectivity index (χ1v) is 10.6. The van der Waals surface area contributed by atoms with Crippen molar-refractivity contribution in [2.45, 2.75) is 31.0 Å². The van der Waals surface area contributed by atoms with Crippen LogP contribution in [0.4, 0.5) is 18.9 Å². The molecule has 10 heteroatoms. The molecule has 1 fully saturated rings. The van der Waals surface area contributed by atoms with Gasteiger partial charge in [-0.15, -0.1) is 0 Å². The van der Waals surface area contributed by atoms with Gasteiger partial charge in [-0.3, -0.25) is 4.79 Å². The lowest BCUT2D eigenvalue weighted by atomic mass is 9.86. The highest BCUT2D eigenvalue weighted by atomic mass is 35.5. The van der Waals surface area contributed by atoms with Crippen molar-refractivity contribution in [2.75, 3.05) is 11.9 Å². The SMILES string of the molecule is O=C(CNc1cc(C2=NOC(c3cc(Cl)cc(Cl)c3)(C(F)(F)F)C2)ccc1Cl)C1CC1. The summed E-state index contributed by atoms with van der Waals surface area (Å²) in [5, 5.41) is 7.16. The molecule has 4 nitrogen and oxygen atoms in total. The van der Waals surface area contributed by atoms with Crippen molar-refractivity contribution >= 4 is 52.0 Å². The maximum Gasteiger partial charge on any atom is 0.435 e. The third kappa shape index (κ3) is 4.49. The molecule has 1 saturated carbocycles. The van der Waals surface area contributed by atoms with E-state index in [2.05, 4.69) is 10.5 Å². The molecule has 4 rings (SSSR count). The van der Waals surface area contributed by atoms with Crippen molar-refractivity contribution in [1.29, 1.82) is 0 Å². The molecular weight excluding hydrogens is 476 g/mol. The summed E-state index contributed by atoms with van der Waals surface area (Å²) in [4.78, 5) is 17.0. The number of anilines is 1. The van der Waals surface area contributed by atoms with Gasteiger partial charge in [0.1, 0.15) is 0 Å². The monoisotopic (exact) mass is 490 g/mol. The number of carbonyl (C=O) groups excluding carboxylic acids is 1. The molecule has 1 aliphatic heterocycles. The average molecular weight is 492 g/mol. The molecular formula is C21H16Cl3F3N2O2. The topological polar surface area (TPSA) is 50.7 Å². The third-order valence-electron chi connectivity index (χ3n) is 5.30. The lowest BCUT2D eigenvalue weighted by Crippen LogP contribution is -2.42. The van der Waals surface area contributed by atoms with Gasteiger partial charge >= 0.3 is 6.18 Å². The lowest BCUT2D eigenvalue weighted by Gasteiger charge is -2.29. The van der Waals surface area contributed by atoms with Crippen LogP contribution in [0.5, 0.6) is 0 Å². The standard InChI is InChI=1S/C21H16Cl3F3N2O2/c22-14-6-13(7-15(23)8-14)20(21(25,26)27)9-18(29-31-20)12-3-4-16(24)17(5-12)28-10-19(30)11-1-2-11/h3-8,11,28H,1-2,9-10H2. The van der Waals surface area contributed by atoms with E-state index >= 15 is 0 Å². The number of alkyl halides is 3. The highest BCUT2D eigenvalue weighted by molar-refractivity contribution is 6.34. The number of carbonyl (C=O) groups is 1. The molecule has 1 N–H and O–H groups in total. The molecule has 2 aromatic carbocycles. The molecule has 0 amide bonds. The van der Waals surface area contributed by atoms with Crippen molar-refractivity contribution in [3.8, 4) is 0 Å². The minimum Gasteiger partial charge on any atom is -0.377 e. The molecule has 0 spiro atoms. The van der Waals surface area contributed by atoms with Crippen LogP contribution in [0.3, 0.4) is 0 Å². The Morgan fingerprint density at radius 2 is 1.81 bits per heavy atom. The number of oxime groups is 1. The number of nitrogens with one attached hydrogen (secondary N) is 1. The molecule has 2 aliphatic rings. The summed E-state index contributed by atoms with van der Waals surface area (Å²) in [6, 6.07) is 8.31. The van der Waals surface area contributed by atoms with Gasteiger partial charge in [0.2, 0.25) is 0 Å². The summed E-state index contributed by atoms with van der Waals surface area (Å²) >= 11 is 18.0. The van der Waals surface area contributed by atoms with Crippen LogP contribution in [-0.2, 0) is 15.2 Å². The molecule has 31 heavy (non-hydrogen) atoms. The predicted molar refractivity (Wildman–Crippen MR) is 114 cm³/mol. The van der Waals surface area contributed by atoms with Crippen LogP contribution in [0.2, 0.25) is 15.1 Å². The summed E-state index contributed by atoms with van der Waals surface area (Å²) in [7, 11) is 0. The Balaban J connectivity index is 1.61. The van der Waals surface area contributed by atoms with Gasteiger partial charge in [0.05, 0.1) is 23.0 Å². The predicted octanol–water partition coefficient (Wildman–Crippen LogP) is 6.62. The zero-order valence-corrected chi connectivity index (χ0v) is 18.2. The van der Waals surface area contributed by atoms with E-state index in [1.165, 1.54) is 12.1 Å². The molecule has 164 valence electrons. The van der Waals surface area contributed by atoms with Gasteiger partial charge in [-0.05, 0) is 43.2 Å². The molecule has 0 bridgehead atoms. The molecule has 0 aromatic heterocycles. The Labute approximate surface area is 191 Å². The van der Waals surface area contributed by atoms with Crippen LogP contribution in [0.1, 0.15) is 30.4 Å². The van der Waals surface area contributed by atoms with E-state index < -0.39 is 18.2 Å². The van der Waals surface area contributed by atoms with Crippen LogP contribution in [0, 0.1) is 5.92 Å². The Kier molecular flexibility index (Phi) is 5.87. The Bertz CT molecular complexity index is 1050. The average Bonchev–Trinajstić information content (AvgIpc) is 3.43. The van der Waals surface area contributed by atoms with Gasteiger partial charge in [-0.1, -0.05) is 46.0 Å². The molecule has 1 aliphatic carbocycles. The van der Waals surface area contributed by atoms with Crippen molar-refractivity contribution in [3.63, 3.8) is 0 Å². The zero-order chi connectivity index (χ0) is 22.4. The van der Waals surface area contributed by atoms with Gasteiger partial charge in [0.15, 0.2) is 5.78 Å². The summed E-state index contributed by atoms with van der Waals surface area (Å²) in [5.74, 6) is 0.163. The summed E-state index contributed by atoms with van der Waals surface area (Å²) in [5.41, 5.74) is -2.04. The second-order valence-corrected chi connectivity index (χ2v) is 8.86. The summed E-state index contributed by atoms with van der Waals surface area (Å²) < 4.78 is 42.4. The highest BCUT2D eigenvalue weighted by Crippen LogP contribution is 2.49. The zero-order valence-electron chi connectivity index (χ0n) is 15.9. The number of Topliss-reactive ketones (excluding diaryl/α,β-unsaturated/α-hetero) is 1. The fourth-order valence-corrected chi connectivity index (χ4v) is 4.13. The van der Waals surface area contributed by atoms with Crippen LogP contribution >= 0.6 is 34.8 Å². The quantitative estimate of drug-likeness (QED) is 0.494. The first kappa shape index (κ1) is 22.2. The normalized spacial score (nSPS) is 20.9. The molecule has 1 heterocycles. The number of nitrogens with zero attached hydrogens (tertiary/aromatic N) is 1. The van der Waals surface area contributed by atoms with E-state index in [-0.39, 0.29) is 39.6 Å². The van der Waals surface area contributed by atoms with Gasteiger partial charge in [0.25, 0.3) is 5.60 Å².